The molecular weight excluding hydrogens is 262 g/mol. The standard InChI is InChI=1S/C17H23N3O/c1-5-18-16(15-9-7-6-8-12(15)2)11-20-14(4)10-13(3)19-17(20)21/h6-10,16,18H,5,11H2,1-4H3. The van der Waals surface area contributed by atoms with E-state index in [2.05, 4.69) is 36.3 Å². The van der Waals surface area contributed by atoms with Crippen LogP contribution in [0.5, 0.6) is 0 Å². The molecule has 1 heterocycles. The molecule has 2 rings (SSSR count). The second-order valence-electron chi connectivity index (χ2n) is 5.40. The molecule has 0 aliphatic carbocycles. The van der Waals surface area contributed by atoms with Crippen molar-refractivity contribution in [3.63, 3.8) is 0 Å². The number of hydrogen-bond acceptors (Lipinski definition) is 3. The van der Waals surface area contributed by atoms with Gasteiger partial charge in [0.2, 0.25) is 0 Å². The Morgan fingerprint density at radius 2 is 1.95 bits per heavy atom. The predicted molar refractivity (Wildman–Crippen MR) is 85.6 cm³/mol. The maximum atomic E-state index is 12.1. The Bertz CT molecular complexity index is 676. The third-order valence-electron chi connectivity index (χ3n) is 3.73. The van der Waals surface area contributed by atoms with E-state index in [4.69, 9.17) is 0 Å². The van der Waals surface area contributed by atoms with E-state index in [0.29, 0.717) is 6.54 Å². The van der Waals surface area contributed by atoms with Gasteiger partial charge in [-0.05, 0) is 44.5 Å². The molecule has 4 nitrogen and oxygen atoms in total. The van der Waals surface area contributed by atoms with Gasteiger partial charge in [0.25, 0.3) is 0 Å². The summed E-state index contributed by atoms with van der Waals surface area (Å²) < 4.78 is 1.74. The fraction of sp³-hybridized carbons (Fsp3) is 0.412. The lowest BCUT2D eigenvalue weighted by Crippen LogP contribution is -2.33. The SMILES string of the molecule is CCNC(Cn1c(C)cc(C)nc1=O)c1ccccc1C. The van der Waals surface area contributed by atoms with Crippen LogP contribution in [0.1, 0.15) is 35.5 Å². The number of aromatic nitrogens is 2. The molecule has 0 saturated heterocycles. The Hall–Kier alpha value is -1.94. The molecule has 0 amide bonds. The molecule has 1 aromatic carbocycles. The van der Waals surface area contributed by atoms with Gasteiger partial charge in [-0.25, -0.2) is 4.79 Å². The van der Waals surface area contributed by atoms with E-state index in [1.54, 1.807) is 4.57 Å². The van der Waals surface area contributed by atoms with E-state index in [1.807, 2.05) is 32.0 Å². The van der Waals surface area contributed by atoms with Gasteiger partial charge in [0.05, 0.1) is 6.04 Å². The van der Waals surface area contributed by atoms with Crippen molar-refractivity contribution in [2.75, 3.05) is 6.54 Å². The molecule has 0 aliphatic heterocycles. The monoisotopic (exact) mass is 285 g/mol. The summed E-state index contributed by atoms with van der Waals surface area (Å²) in [5, 5.41) is 3.47. The lowest BCUT2D eigenvalue weighted by atomic mass is 10.0. The molecule has 1 aromatic heterocycles. The number of nitrogens with one attached hydrogen (secondary N) is 1. The highest BCUT2D eigenvalue weighted by molar-refractivity contribution is 5.28. The molecule has 1 unspecified atom stereocenters. The first-order valence-corrected chi connectivity index (χ1v) is 7.37. The highest BCUT2D eigenvalue weighted by atomic mass is 16.1. The van der Waals surface area contributed by atoms with Gasteiger partial charge in [-0.3, -0.25) is 4.57 Å². The average Bonchev–Trinajstić information content (AvgIpc) is 2.42. The minimum Gasteiger partial charge on any atom is -0.309 e. The Morgan fingerprint density at radius 3 is 2.57 bits per heavy atom. The van der Waals surface area contributed by atoms with Crippen molar-refractivity contribution < 1.29 is 0 Å². The molecule has 0 fully saturated rings. The van der Waals surface area contributed by atoms with Crippen LogP contribution in [0.3, 0.4) is 0 Å². The zero-order valence-corrected chi connectivity index (χ0v) is 13.2. The summed E-state index contributed by atoms with van der Waals surface area (Å²) >= 11 is 0. The van der Waals surface area contributed by atoms with Crippen LogP contribution in [0, 0.1) is 20.8 Å². The largest absolute Gasteiger partial charge is 0.348 e. The molecule has 21 heavy (non-hydrogen) atoms. The van der Waals surface area contributed by atoms with E-state index >= 15 is 0 Å². The van der Waals surface area contributed by atoms with Crippen LogP contribution in [-0.4, -0.2) is 16.1 Å². The van der Waals surface area contributed by atoms with Gasteiger partial charge < -0.3 is 5.32 Å². The lowest BCUT2D eigenvalue weighted by Gasteiger charge is -2.22. The highest BCUT2D eigenvalue weighted by Crippen LogP contribution is 2.19. The third kappa shape index (κ3) is 3.58. The molecule has 1 atom stereocenters. The van der Waals surface area contributed by atoms with Crippen LogP contribution < -0.4 is 11.0 Å². The van der Waals surface area contributed by atoms with Gasteiger partial charge in [-0.1, -0.05) is 31.2 Å². The number of hydrogen-bond donors (Lipinski definition) is 1. The number of likely N-dealkylation sites (N-methyl/N-ethyl adjacent to an activating group) is 1. The summed E-state index contributed by atoms with van der Waals surface area (Å²) in [6, 6.07) is 10.3. The lowest BCUT2D eigenvalue weighted by molar-refractivity contribution is 0.454. The molecule has 0 spiro atoms. The molecule has 0 radical (unpaired) electrons. The van der Waals surface area contributed by atoms with Crippen LogP contribution >= 0.6 is 0 Å². The van der Waals surface area contributed by atoms with E-state index in [-0.39, 0.29) is 11.7 Å². The van der Waals surface area contributed by atoms with Gasteiger partial charge in [0.1, 0.15) is 0 Å². The Kier molecular flexibility index (Phi) is 4.91. The van der Waals surface area contributed by atoms with Crippen molar-refractivity contribution in [3.05, 3.63) is 63.3 Å². The minimum absolute atomic E-state index is 0.108. The Morgan fingerprint density at radius 1 is 1.24 bits per heavy atom. The van der Waals surface area contributed by atoms with Crippen LogP contribution in [0.25, 0.3) is 0 Å². The first kappa shape index (κ1) is 15.4. The minimum atomic E-state index is -0.177. The average molecular weight is 285 g/mol. The van der Waals surface area contributed by atoms with Crippen molar-refractivity contribution in [1.29, 1.82) is 0 Å². The van der Waals surface area contributed by atoms with Crippen LogP contribution in [0.2, 0.25) is 0 Å². The van der Waals surface area contributed by atoms with Crippen molar-refractivity contribution in [3.8, 4) is 0 Å². The van der Waals surface area contributed by atoms with Crippen molar-refractivity contribution >= 4 is 0 Å². The molecule has 0 saturated carbocycles. The maximum Gasteiger partial charge on any atom is 0.348 e. The number of rotatable bonds is 5. The van der Waals surface area contributed by atoms with Crippen molar-refractivity contribution in [2.45, 2.75) is 40.3 Å². The molecular formula is C17H23N3O. The second kappa shape index (κ2) is 6.68. The van der Waals surface area contributed by atoms with Crippen LogP contribution in [-0.2, 0) is 6.54 Å². The maximum absolute atomic E-state index is 12.1. The van der Waals surface area contributed by atoms with Gasteiger partial charge in [0, 0.05) is 17.9 Å². The number of benzene rings is 1. The molecule has 1 N–H and O–H groups in total. The summed E-state index contributed by atoms with van der Waals surface area (Å²) in [4.78, 5) is 16.2. The normalized spacial score (nSPS) is 12.4. The van der Waals surface area contributed by atoms with E-state index in [0.717, 1.165) is 17.9 Å². The molecule has 112 valence electrons. The van der Waals surface area contributed by atoms with Crippen molar-refractivity contribution in [2.24, 2.45) is 0 Å². The molecule has 4 heteroatoms. The van der Waals surface area contributed by atoms with E-state index < -0.39 is 0 Å². The number of aryl methyl sites for hydroxylation is 3. The van der Waals surface area contributed by atoms with E-state index in [1.165, 1.54) is 11.1 Å². The summed E-state index contributed by atoms with van der Waals surface area (Å²) in [6.07, 6.45) is 0. The quantitative estimate of drug-likeness (QED) is 0.918. The summed E-state index contributed by atoms with van der Waals surface area (Å²) in [7, 11) is 0. The number of nitrogens with zero attached hydrogens (tertiary/aromatic N) is 2. The van der Waals surface area contributed by atoms with Gasteiger partial charge >= 0.3 is 5.69 Å². The van der Waals surface area contributed by atoms with Crippen molar-refractivity contribution in [1.82, 2.24) is 14.9 Å². The van der Waals surface area contributed by atoms with Crippen LogP contribution in [0.4, 0.5) is 0 Å². The van der Waals surface area contributed by atoms with Crippen LogP contribution in [0.15, 0.2) is 35.1 Å². The first-order chi connectivity index (χ1) is 10.0. The van der Waals surface area contributed by atoms with Gasteiger partial charge in [-0.2, -0.15) is 4.98 Å². The Balaban J connectivity index is 2.38. The Labute approximate surface area is 125 Å². The van der Waals surface area contributed by atoms with Gasteiger partial charge in [0.15, 0.2) is 0 Å². The fourth-order valence-electron chi connectivity index (χ4n) is 2.68. The zero-order chi connectivity index (χ0) is 15.4. The molecule has 2 aromatic rings. The highest BCUT2D eigenvalue weighted by Gasteiger charge is 2.15. The smallest absolute Gasteiger partial charge is 0.309 e. The zero-order valence-electron chi connectivity index (χ0n) is 13.2. The second-order valence-corrected chi connectivity index (χ2v) is 5.40. The van der Waals surface area contributed by atoms with E-state index in [9.17, 15) is 4.79 Å². The van der Waals surface area contributed by atoms with Gasteiger partial charge in [-0.15, -0.1) is 0 Å². The fourth-order valence-corrected chi connectivity index (χ4v) is 2.68. The molecule has 0 bridgehead atoms. The summed E-state index contributed by atoms with van der Waals surface area (Å²) in [5.41, 5.74) is 4.00. The summed E-state index contributed by atoms with van der Waals surface area (Å²) in [5.74, 6) is 0. The summed E-state index contributed by atoms with van der Waals surface area (Å²) in [6.45, 7) is 9.43. The first-order valence-electron chi connectivity index (χ1n) is 7.37. The topological polar surface area (TPSA) is 46.9 Å². The third-order valence-corrected chi connectivity index (χ3v) is 3.73. The molecule has 0 aliphatic rings. The predicted octanol–water partition coefficient (Wildman–Crippen LogP) is 2.52.